The molecule has 0 aliphatic heterocycles. The molecule has 1 N–H and O–H groups in total. The highest BCUT2D eigenvalue weighted by Crippen LogP contribution is 2.20. The quantitative estimate of drug-likeness (QED) is 0.818. The maximum absolute atomic E-state index is 12.2. The summed E-state index contributed by atoms with van der Waals surface area (Å²) in [6.07, 6.45) is 1.50. The van der Waals surface area contributed by atoms with Gasteiger partial charge in [0.05, 0.1) is 17.6 Å². The SMILES string of the molecule is Cc1cc(NS(=O)(=O)CC(C)c2ccccc2)cnc1Br. The van der Waals surface area contributed by atoms with Crippen molar-refractivity contribution < 1.29 is 8.42 Å². The van der Waals surface area contributed by atoms with Crippen molar-refractivity contribution in [3.63, 3.8) is 0 Å². The van der Waals surface area contributed by atoms with E-state index in [9.17, 15) is 8.42 Å². The zero-order valence-electron chi connectivity index (χ0n) is 11.9. The van der Waals surface area contributed by atoms with Gasteiger partial charge < -0.3 is 0 Å². The van der Waals surface area contributed by atoms with Gasteiger partial charge in [0.1, 0.15) is 4.60 Å². The van der Waals surface area contributed by atoms with Crippen LogP contribution in [-0.2, 0) is 10.0 Å². The summed E-state index contributed by atoms with van der Waals surface area (Å²) in [5.41, 5.74) is 2.37. The lowest BCUT2D eigenvalue weighted by Gasteiger charge is -2.14. The van der Waals surface area contributed by atoms with Crippen LogP contribution in [0.2, 0.25) is 0 Å². The molecule has 0 saturated carbocycles. The zero-order valence-corrected chi connectivity index (χ0v) is 14.3. The number of aromatic nitrogens is 1. The summed E-state index contributed by atoms with van der Waals surface area (Å²) in [5.74, 6) is -0.0419. The highest BCUT2D eigenvalue weighted by molar-refractivity contribution is 9.10. The maximum atomic E-state index is 12.2. The van der Waals surface area contributed by atoms with E-state index in [2.05, 4.69) is 25.6 Å². The third-order valence-electron chi connectivity index (χ3n) is 3.13. The number of halogens is 1. The van der Waals surface area contributed by atoms with E-state index in [1.807, 2.05) is 44.2 Å². The van der Waals surface area contributed by atoms with Crippen molar-refractivity contribution in [3.05, 3.63) is 58.3 Å². The Balaban J connectivity index is 2.10. The van der Waals surface area contributed by atoms with Crippen LogP contribution in [0, 0.1) is 6.92 Å². The second-order valence-electron chi connectivity index (χ2n) is 5.03. The average Bonchev–Trinajstić information content (AvgIpc) is 2.43. The second-order valence-corrected chi connectivity index (χ2v) is 7.55. The van der Waals surface area contributed by atoms with Crippen LogP contribution < -0.4 is 4.72 Å². The van der Waals surface area contributed by atoms with Gasteiger partial charge in [-0.1, -0.05) is 37.3 Å². The van der Waals surface area contributed by atoms with Gasteiger partial charge in [0.25, 0.3) is 0 Å². The number of nitrogens with one attached hydrogen (secondary N) is 1. The van der Waals surface area contributed by atoms with Crippen LogP contribution in [0.5, 0.6) is 0 Å². The minimum Gasteiger partial charge on any atom is -0.282 e. The molecule has 1 aromatic carbocycles. The van der Waals surface area contributed by atoms with E-state index in [1.54, 1.807) is 6.07 Å². The van der Waals surface area contributed by atoms with Crippen molar-refractivity contribution in [2.45, 2.75) is 19.8 Å². The summed E-state index contributed by atoms with van der Waals surface area (Å²) in [4.78, 5) is 4.09. The van der Waals surface area contributed by atoms with Crippen LogP contribution in [0.25, 0.3) is 0 Å². The number of hydrogen-bond donors (Lipinski definition) is 1. The van der Waals surface area contributed by atoms with Crippen LogP contribution in [0.1, 0.15) is 24.0 Å². The molecule has 0 amide bonds. The van der Waals surface area contributed by atoms with Gasteiger partial charge in [0.2, 0.25) is 10.0 Å². The van der Waals surface area contributed by atoms with Crippen LogP contribution >= 0.6 is 15.9 Å². The van der Waals surface area contributed by atoms with Gasteiger partial charge in [0.15, 0.2) is 0 Å². The summed E-state index contributed by atoms with van der Waals surface area (Å²) in [5, 5.41) is 0. The van der Waals surface area contributed by atoms with Crippen molar-refractivity contribution in [2.75, 3.05) is 10.5 Å². The fraction of sp³-hybridized carbons (Fsp3) is 0.267. The number of rotatable bonds is 5. The minimum atomic E-state index is -3.42. The Morgan fingerprint density at radius 3 is 2.57 bits per heavy atom. The summed E-state index contributed by atoms with van der Waals surface area (Å²) < 4.78 is 27.7. The Labute approximate surface area is 133 Å². The molecule has 112 valence electrons. The summed E-state index contributed by atoms with van der Waals surface area (Å²) in [6.45, 7) is 3.77. The van der Waals surface area contributed by atoms with Crippen LogP contribution in [0.4, 0.5) is 5.69 Å². The molecule has 2 aromatic rings. The monoisotopic (exact) mass is 368 g/mol. The molecular formula is C15H17BrN2O2S. The Bertz CT molecular complexity index is 718. The van der Waals surface area contributed by atoms with E-state index >= 15 is 0 Å². The highest BCUT2D eigenvalue weighted by Gasteiger charge is 2.17. The first-order valence-electron chi connectivity index (χ1n) is 6.55. The zero-order chi connectivity index (χ0) is 15.5. The van der Waals surface area contributed by atoms with Crippen LogP contribution in [0.3, 0.4) is 0 Å². The van der Waals surface area contributed by atoms with Crippen molar-refractivity contribution in [3.8, 4) is 0 Å². The number of hydrogen-bond acceptors (Lipinski definition) is 3. The molecule has 1 unspecified atom stereocenters. The molecule has 0 bridgehead atoms. The molecule has 0 aliphatic rings. The number of pyridine rings is 1. The van der Waals surface area contributed by atoms with Gasteiger partial charge >= 0.3 is 0 Å². The molecule has 4 nitrogen and oxygen atoms in total. The third kappa shape index (κ3) is 4.54. The lowest BCUT2D eigenvalue weighted by Crippen LogP contribution is -2.20. The predicted octanol–water partition coefficient (Wildman–Crippen LogP) is 3.70. The van der Waals surface area contributed by atoms with Crippen LogP contribution in [0.15, 0.2) is 47.2 Å². The average molecular weight is 369 g/mol. The van der Waals surface area contributed by atoms with Crippen molar-refractivity contribution in [1.29, 1.82) is 0 Å². The van der Waals surface area contributed by atoms with Gasteiger partial charge in [0, 0.05) is 0 Å². The molecule has 2 rings (SSSR count). The third-order valence-corrected chi connectivity index (χ3v) is 5.44. The Kier molecular flexibility index (Phi) is 5.00. The van der Waals surface area contributed by atoms with E-state index in [0.29, 0.717) is 10.3 Å². The maximum Gasteiger partial charge on any atom is 0.233 e. The van der Waals surface area contributed by atoms with Crippen LogP contribution in [-0.4, -0.2) is 19.2 Å². The number of aryl methyl sites for hydroxylation is 1. The molecule has 1 atom stereocenters. The summed E-state index contributed by atoms with van der Waals surface area (Å²) in [7, 11) is -3.42. The van der Waals surface area contributed by atoms with E-state index in [1.165, 1.54) is 6.20 Å². The Morgan fingerprint density at radius 2 is 1.95 bits per heavy atom. The molecule has 1 heterocycles. The molecule has 0 saturated heterocycles. The van der Waals surface area contributed by atoms with E-state index < -0.39 is 10.0 Å². The molecule has 0 radical (unpaired) electrons. The molecule has 6 heteroatoms. The molecule has 21 heavy (non-hydrogen) atoms. The largest absolute Gasteiger partial charge is 0.282 e. The Hall–Kier alpha value is -1.40. The standard InChI is InChI=1S/C15H17BrN2O2S/c1-11-8-14(9-17-15(11)16)18-21(19,20)10-12(2)13-6-4-3-5-7-13/h3-9,12,18H,10H2,1-2H3. The molecule has 0 aliphatic carbocycles. The smallest absolute Gasteiger partial charge is 0.233 e. The van der Waals surface area contributed by atoms with Gasteiger partial charge in [-0.3, -0.25) is 4.72 Å². The van der Waals surface area contributed by atoms with Crippen molar-refractivity contribution in [2.24, 2.45) is 0 Å². The van der Waals surface area contributed by atoms with Crippen molar-refractivity contribution in [1.82, 2.24) is 4.98 Å². The first-order valence-corrected chi connectivity index (χ1v) is 8.99. The first-order chi connectivity index (χ1) is 9.87. The van der Waals surface area contributed by atoms with E-state index in [0.717, 1.165) is 11.1 Å². The van der Waals surface area contributed by atoms with Gasteiger partial charge in [-0.15, -0.1) is 0 Å². The minimum absolute atomic E-state index is 0.0339. The fourth-order valence-electron chi connectivity index (χ4n) is 2.04. The molecule has 0 fully saturated rings. The molecular weight excluding hydrogens is 352 g/mol. The summed E-state index contributed by atoms with van der Waals surface area (Å²) >= 11 is 3.29. The number of anilines is 1. The van der Waals surface area contributed by atoms with Gasteiger partial charge in [-0.2, -0.15) is 0 Å². The highest BCUT2D eigenvalue weighted by atomic mass is 79.9. The lowest BCUT2D eigenvalue weighted by atomic mass is 10.0. The predicted molar refractivity (Wildman–Crippen MR) is 88.9 cm³/mol. The number of nitrogens with zero attached hydrogens (tertiary/aromatic N) is 1. The summed E-state index contributed by atoms with van der Waals surface area (Å²) in [6, 6.07) is 11.4. The lowest BCUT2D eigenvalue weighted by molar-refractivity contribution is 0.595. The van der Waals surface area contributed by atoms with Gasteiger partial charge in [-0.25, -0.2) is 13.4 Å². The number of benzene rings is 1. The second kappa shape index (κ2) is 6.58. The van der Waals surface area contributed by atoms with Gasteiger partial charge in [-0.05, 0) is 46.0 Å². The number of sulfonamides is 1. The fourth-order valence-corrected chi connectivity index (χ4v) is 3.66. The molecule has 1 aromatic heterocycles. The topological polar surface area (TPSA) is 59.1 Å². The first kappa shape index (κ1) is 16.0. The Morgan fingerprint density at radius 1 is 1.29 bits per heavy atom. The van der Waals surface area contributed by atoms with Crippen molar-refractivity contribution >= 4 is 31.6 Å². The van der Waals surface area contributed by atoms with E-state index in [-0.39, 0.29) is 11.7 Å². The normalized spacial score (nSPS) is 12.9. The molecule has 0 spiro atoms. The van der Waals surface area contributed by atoms with E-state index in [4.69, 9.17) is 0 Å².